The zero-order valence-corrected chi connectivity index (χ0v) is 15.9. The Kier molecular flexibility index (Phi) is 4.33. The third-order valence-electron chi connectivity index (χ3n) is 6.50. The van der Waals surface area contributed by atoms with Crippen LogP contribution < -0.4 is 16.0 Å². The van der Waals surface area contributed by atoms with Gasteiger partial charge >= 0.3 is 0 Å². The van der Waals surface area contributed by atoms with E-state index in [2.05, 4.69) is 33.4 Å². The van der Waals surface area contributed by atoms with Crippen LogP contribution in [0.3, 0.4) is 0 Å². The van der Waals surface area contributed by atoms with E-state index in [0.29, 0.717) is 5.69 Å². The highest BCUT2D eigenvalue weighted by Gasteiger charge is 2.57. The third kappa shape index (κ3) is 3.06. The summed E-state index contributed by atoms with van der Waals surface area (Å²) in [4.78, 5) is 19.6. The molecule has 6 heteroatoms. The van der Waals surface area contributed by atoms with Crippen LogP contribution in [-0.2, 0) is 16.0 Å². The lowest BCUT2D eigenvalue weighted by Gasteiger charge is -2.28. The lowest BCUT2D eigenvalue weighted by Crippen LogP contribution is -2.43. The third-order valence-corrected chi connectivity index (χ3v) is 6.50. The topological polar surface area (TPSA) is 80.5 Å². The molecule has 1 aliphatic heterocycles. The predicted molar refractivity (Wildman–Crippen MR) is 108 cm³/mol. The number of morpholine rings is 1. The number of nitrogens with one attached hydrogen (secondary N) is 1. The van der Waals surface area contributed by atoms with E-state index < -0.39 is 6.04 Å². The number of amides is 1. The number of hydrogen-bond acceptors (Lipinski definition) is 5. The van der Waals surface area contributed by atoms with Crippen molar-refractivity contribution in [2.24, 2.45) is 11.1 Å². The second-order valence-electron chi connectivity index (χ2n) is 8.24. The first-order valence-electron chi connectivity index (χ1n) is 10.1. The fraction of sp³-hybridized carbons (Fsp3) is 0.455. The summed E-state index contributed by atoms with van der Waals surface area (Å²) < 4.78 is 5.38. The van der Waals surface area contributed by atoms with Gasteiger partial charge in [0.15, 0.2) is 0 Å². The lowest BCUT2D eigenvalue weighted by atomic mass is 9.83. The molecule has 5 rings (SSSR count). The molecule has 1 spiro atoms. The van der Waals surface area contributed by atoms with Gasteiger partial charge in [0.05, 0.1) is 31.1 Å². The first-order chi connectivity index (χ1) is 13.7. The normalized spacial score (nSPS) is 23.3. The summed E-state index contributed by atoms with van der Waals surface area (Å²) in [5.74, 6) is 0.880. The number of ether oxygens (including phenoxy) is 1. The maximum absolute atomic E-state index is 12.9. The van der Waals surface area contributed by atoms with Gasteiger partial charge in [-0.2, -0.15) is 0 Å². The van der Waals surface area contributed by atoms with E-state index in [4.69, 9.17) is 10.5 Å². The number of pyridine rings is 1. The molecule has 2 fully saturated rings. The Balaban J connectivity index is 1.29. The highest BCUT2D eigenvalue weighted by molar-refractivity contribution is 5.95. The number of hydrogen-bond donors (Lipinski definition) is 2. The molecule has 2 aromatic rings. The van der Waals surface area contributed by atoms with Gasteiger partial charge in [-0.25, -0.2) is 4.98 Å². The smallest absolute Gasteiger partial charge is 0.241 e. The molecule has 1 amide bonds. The fourth-order valence-electron chi connectivity index (χ4n) is 4.86. The molecule has 0 bridgehead atoms. The average molecular weight is 378 g/mol. The van der Waals surface area contributed by atoms with Gasteiger partial charge in [0.1, 0.15) is 5.82 Å². The number of carbonyl (C=O) groups excluding carboxylic acids is 1. The molecule has 1 saturated carbocycles. The molecule has 3 aliphatic rings. The maximum atomic E-state index is 12.9. The van der Waals surface area contributed by atoms with Crippen molar-refractivity contribution in [1.82, 2.24) is 4.98 Å². The summed E-state index contributed by atoms with van der Waals surface area (Å²) in [7, 11) is 0. The van der Waals surface area contributed by atoms with Gasteiger partial charge < -0.3 is 20.7 Å². The largest absolute Gasteiger partial charge is 0.378 e. The van der Waals surface area contributed by atoms with Gasteiger partial charge in [-0.3, -0.25) is 4.79 Å². The molecule has 28 heavy (non-hydrogen) atoms. The van der Waals surface area contributed by atoms with Gasteiger partial charge in [-0.1, -0.05) is 24.3 Å². The van der Waals surface area contributed by atoms with Gasteiger partial charge in [-0.05, 0) is 47.9 Å². The van der Waals surface area contributed by atoms with Crippen LogP contribution in [0.25, 0.3) is 0 Å². The molecule has 0 radical (unpaired) electrons. The summed E-state index contributed by atoms with van der Waals surface area (Å²) in [6, 6.07) is 11.7. The SMILES string of the molecule is N[C@H](C(=O)Nc1ccc(N2CCOCC2)nc1)C1c2ccccc2CC12CC2. The summed E-state index contributed by atoms with van der Waals surface area (Å²) in [6.07, 6.45) is 5.07. The van der Waals surface area contributed by atoms with E-state index in [9.17, 15) is 4.79 Å². The minimum atomic E-state index is -0.551. The monoisotopic (exact) mass is 378 g/mol. The summed E-state index contributed by atoms with van der Waals surface area (Å²) in [6.45, 7) is 3.12. The van der Waals surface area contributed by atoms with Crippen molar-refractivity contribution in [2.75, 3.05) is 36.5 Å². The van der Waals surface area contributed by atoms with Crippen LogP contribution in [0.4, 0.5) is 11.5 Å². The maximum Gasteiger partial charge on any atom is 0.241 e. The number of carbonyl (C=O) groups is 1. The Morgan fingerprint density at radius 1 is 1.21 bits per heavy atom. The van der Waals surface area contributed by atoms with Crippen LogP contribution in [0.5, 0.6) is 0 Å². The second kappa shape index (κ2) is 6.87. The quantitative estimate of drug-likeness (QED) is 0.853. The summed E-state index contributed by atoms with van der Waals surface area (Å²) in [5.41, 5.74) is 9.98. The molecule has 1 aromatic heterocycles. The molecule has 2 atom stereocenters. The van der Waals surface area contributed by atoms with Crippen LogP contribution in [0.15, 0.2) is 42.6 Å². The van der Waals surface area contributed by atoms with E-state index in [1.54, 1.807) is 6.20 Å². The van der Waals surface area contributed by atoms with Gasteiger partial charge in [0, 0.05) is 19.0 Å². The van der Waals surface area contributed by atoms with Crippen molar-refractivity contribution < 1.29 is 9.53 Å². The van der Waals surface area contributed by atoms with Crippen molar-refractivity contribution in [1.29, 1.82) is 0 Å². The number of rotatable bonds is 4. The van der Waals surface area contributed by atoms with E-state index >= 15 is 0 Å². The first kappa shape index (κ1) is 17.6. The predicted octanol–water partition coefficient (Wildman–Crippen LogP) is 2.30. The van der Waals surface area contributed by atoms with E-state index in [1.165, 1.54) is 11.1 Å². The van der Waals surface area contributed by atoms with Crippen molar-refractivity contribution in [3.63, 3.8) is 0 Å². The Labute approximate surface area is 165 Å². The standard InChI is InChI=1S/C22H26N4O2/c23-20(19-17-4-2-1-3-15(17)13-22(19)7-8-22)21(27)25-16-5-6-18(24-14-16)26-9-11-28-12-10-26/h1-6,14,19-20H,7-13,23H2,(H,25,27)/t19?,20-/m0/s1. The molecule has 6 nitrogen and oxygen atoms in total. The summed E-state index contributed by atoms with van der Waals surface area (Å²) in [5, 5.41) is 2.98. The molecule has 1 unspecified atom stereocenters. The number of benzene rings is 1. The highest BCUT2D eigenvalue weighted by atomic mass is 16.5. The molecule has 2 aliphatic carbocycles. The number of aromatic nitrogens is 1. The Morgan fingerprint density at radius 2 is 2.00 bits per heavy atom. The molecule has 1 aromatic carbocycles. The van der Waals surface area contributed by atoms with E-state index in [-0.39, 0.29) is 17.2 Å². The van der Waals surface area contributed by atoms with Crippen molar-refractivity contribution >= 4 is 17.4 Å². The molecular formula is C22H26N4O2. The Bertz CT molecular complexity index is 872. The fourth-order valence-corrected chi connectivity index (χ4v) is 4.86. The molecule has 146 valence electrons. The number of nitrogens with zero attached hydrogens (tertiary/aromatic N) is 2. The average Bonchev–Trinajstić information content (AvgIpc) is 3.41. The molecule has 2 heterocycles. The van der Waals surface area contributed by atoms with E-state index in [1.807, 2.05) is 18.2 Å². The van der Waals surface area contributed by atoms with Gasteiger partial charge in [-0.15, -0.1) is 0 Å². The van der Waals surface area contributed by atoms with Gasteiger partial charge in [0.25, 0.3) is 0 Å². The van der Waals surface area contributed by atoms with Crippen molar-refractivity contribution in [3.8, 4) is 0 Å². The van der Waals surface area contributed by atoms with Crippen molar-refractivity contribution in [2.45, 2.75) is 31.2 Å². The summed E-state index contributed by atoms with van der Waals surface area (Å²) >= 11 is 0. The number of anilines is 2. The second-order valence-corrected chi connectivity index (χ2v) is 8.24. The van der Waals surface area contributed by atoms with E-state index in [0.717, 1.165) is 51.4 Å². The van der Waals surface area contributed by atoms with Crippen LogP contribution >= 0.6 is 0 Å². The van der Waals surface area contributed by atoms with Crippen molar-refractivity contribution in [3.05, 3.63) is 53.7 Å². The zero-order valence-electron chi connectivity index (χ0n) is 15.9. The minimum absolute atomic E-state index is 0.101. The van der Waals surface area contributed by atoms with Gasteiger partial charge in [0.2, 0.25) is 5.91 Å². The number of fused-ring (bicyclic) bond motifs is 1. The zero-order chi connectivity index (χ0) is 19.1. The minimum Gasteiger partial charge on any atom is -0.378 e. The molecule has 3 N–H and O–H groups in total. The lowest BCUT2D eigenvalue weighted by molar-refractivity contribution is -0.118. The highest BCUT2D eigenvalue weighted by Crippen LogP contribution is 2.63. The first-order valence-corrected chi connectivity index (χ1v) is 10.1. The number of nitrogens with two attached hydrogens (primary N) is 1. The van der Waals surface area contributed by atoms with Crippen LogP contribution in [0.2, 0.25) is 0 Å². The Morgan fingerprint density at radius 3 is 2.71 bits per heavy atom. The van der Waals surface area contributed by atoms with Crippen LogP contribution in [0.1, 0.15) is 29.9 Å². The van der Waals surface area contributed by atoms with Crippen LogP contribution in [0, 0.1) is 5.41 Å². The molecule has 1 saturated heterocycles. The molecular weight excluding hydrogens is 352 g/mol. The van der Waals surface area contributed by atoms with Crippen LogP contribution in [-0.4, -0.2) is 43.2 Å². The Hall–Kier alpha value is -2.44.